The van der Waals surface area contributed by atoms with Gasteiger partial charge >= 0.3 is 0 Å². The van der Waals surface area contributed by atoms with Gasteiger partial charge in [-0.25, -0.2) is 0 Å². The second-order valence-electron chi connectivity index (χ2n) is 5.11. The molecule has 1 aliphatic carbocycles. The van der Waals surface area contributed by atoms with Gasteiger partial charge in [0.15, 0.2) is 0 Å². The quantitative estimate of drug-likeness (QED) is 0.685. The Balaban J connectivity index is 2.03. The number of hydrogen-bond acceptors (Lipinski definition) is 2. The van der Waals surface area contributed by atoms with Crippen molar-refractivity contribution in [2.24, 2.45) is 5.92 Å². The second-order valence-corrected chi connectivity index (χ2v) is 5.11. The first-order valence-electron chi connectivity index (χ1n) is 6.01. The first-order chi connectivity index (χ1) is 7.00. The Morgan fingerprint density at radius 3 is 2.53 bits per heavy atom. The van der Waals surface area contributed by atoms with Gasteiger partial charge in [0.05, 0.1) is 0 Å². The minimum absolute atomic E-state index is 0.270. The Kier molecular flexibility index (Phi) is 4.58. The fraction of sp³-hybridized carbons (Fsp3) is 0.917. The third-order valence-corrected chi connectivity index (χ3v) is 3.11. The number of amides is 1. The van der Waals surface area contributed by atoms with Crippen molar-refractivity contribution in [3.05, 3.63) is 0 Å². The summed E-state index contributed by atoms with van der Waals surface area (Å²) in [6.07, 6.45) is 7.72. The molecule has 0 aliphatic heterocycles. The topological polar surface area (TPSA) is 49.3 Å². The number of nitrogens with one attached hydrogen (secondary N) is 1. The third kappa shape index (κ3) is 4.65. The zero-order chi connectivity index (χ0) is 11.3. The Hall–Kier alpha value is -0.570. The molecule has 1 rings (SSSR count). The molecule has 0 unspecified atom stereocenters. The standard InChI is InChI=1S/C12H23NO2/c1-12(2,15)11(14)13-9-5-8-10-6-3-4-7-10/h10,15H,3-9H2,1-2H3,(H,13,14). The van der Waals surface area contributed by atoms with Gasteiger partial charge in [-0.1, -0.05) is 25.7 Å². The van der Waals surface area contributed by atoms with E-state index in [0.29, 0.717) is 6.54 Å². The van der Waals surface area contributed by atoms with Crippen LogP contribution in [-0.4, -0.2) is 23.2 Å². The second kappa shape index (κ2) is 5.50. The third-order valence-electron chi connectivity index (χ3n) is 3.11. The molecule has 1 fully saturated rings. The number of rotatable bonds is 5. The molecule has 3 nitrogen and oxygen atoms in total. The number of hydrogen-bond donors (Lipinski definition) is 2. The van der Waals surface area contributed by atoms with E-state index in [1.54, 1.807) is 0 Å². The zero-order valence-electron chi connectivity index (χ0n) is 9.88. The molecule has 0 saturated heterocycles. The summed E-state index contributed by atoms with van der Waals surface area (Å²) in [5.41, 5.74) is -1.24. The normalized spacial score (nSPS) is 18.1. The molecule has 3 heteroatoms. The van der Waals surface area contributed by atoms with Crippen LogP contribution < -0.4 is 5.32 Å². The molecule has 88 valence electrons. The van der Waals surface area contributed by atoms with E-state index in [-0.39, 0.29) is 5.91 Å². The van der Waals surface area contributed by atoms with Crippen LogP contribution in [0.25, 0.3) is 0 Å². The van der Waals surface area contributed by atoms with E-state index >= 15 is 0 Å². The van der Waals surface area contributed by atoms with Gasteiger partial charge in [0, 0.05) is 6.54 Å². The smallest absolute Gasteiger partial charge is 0.251 e. The summed E-state index contributed by atoms with van der Waals surface area (Å²) >= 11 is 0. The predicted molar refractivity (Wildman–Crippen MR) is 60.5 cm³/mol. The largest absolute Gasteiger partial charge is 0.381 e. The molecule has 0 aromatic rings. The highest BCUT2D eigenvalue weighted by molar-refractivity contribution is 5.83. The van der Waals surface area contributed by atoms with Crippen LogP contribution in [0.4, 0.5) is 0 Å². The van der Waals surface area contributed by atoms with E-state index < -0.39 is 5.60 Å². The Morgan fingerprint density at radius 2 is 2.00 bits per heavy atom. The molecule has 0 aromatic carbocycles. The molecule has 2 N–H and O–H groups in total. The van der Waals surface area contributed by atoms with Gasteiger partial charge in [-0.2, -0.15) is 0 Å². The summed E-state index contributed by atoms with van der Waals surface area (Å²) in [6, 6.07) is 0. The molecule has 1 saturated carbocycles. The summed E-state index contributed by atoms with van der Waals surface area (Å²) in [5.74, 6) is 0.609. The Labute approximate surface area is 92.3 Å². The molecule has 0 spiro atoms. The number of carbonyl (C=O) groups is 1. The van der Waals surface area contributed by atoms with E-state index in [1.165, 1.54) is 46.0 Å². The van der Waals surface area contributed by atoms with Crippen LogP contribution in [0.3, 0.4) is 0 Å². The molecule has 0 radical (unpaired) electrons. The lowest BCUT2D eigenvalue weighted by Crippen LogP contribution is -2.42. The molecule has 0 atom stereocenters. The van der Waals surface area contributed by atoms with E-state index in [0.717, 1.165) is 12.3 Å². The summed E-state index contributed by atoms with van der Waals surface area (Å²) < 4.78 is 0. The van der Waals surface area contributed by atoms with Crippen molar-refractivity contribution in [3.8, 4) is 0 Å². The van der Waals surface area contributed by atoms with Gasteiger partial charge in [0.1, 0.15) is 5.60 Å². The van der Waals surface area contributed by atoms with E-state index in [9.17, 15) is 9.90 Å². The van der Waals surface area contributed by atoms with Gasteiger partial charge in [-0.15, -0.1) is 0 Å². The average Bonchev–Trinajstić information content (AvgIpc) is 2.63. The van der Waals surface area contributed by atoms with Gasteiger partial charge in [-0.05, 0) is 32.6 Å². The Bertz CT molecular complexity index is 202. The van der Waals surface area contributed by atoms with E-state index in [1.807, 2.05) is 0 Å². The monoisotopic (exact) mass is 213 g/mol. The summed E-state index contributed by atoms with van der Waals surface area (Å²) in [6.45, 7) is 3.72. The van der Waals surface area contributed by atoms with Crippen molar-refractivity contribution in [3.63, 3.8) is 0 Å². The summed E-state index contributed by atoms with van der Waals surface area (Å²) in [4.78, 5) is 11.3. The van der Waals surface area contributed by atoms with Crippen molar-refractivity contribution in [2.75, 3.05) is 6.54 Å². The highest BCUT2D eigenvalue weighted by atomic mass is 16.3. The van der Waals surface area contributed by atoms with Crippen LogP contribution in [0.1, 0.15) is 52.4 Å². The van der Waals surface area contributed by atoms with Crippen molar-refractivity contribution in [2.45, 2.75) is 58.0 Å². The maximum atomic E-state index is 11.3. The van der Waals surface area contributed by atoms with Crippen LogP contribution >= 0.6 is 0 Å². The van der Waals surface area contributed by atoms with Crippen LogP contribution in [-0.2, 0) is 4.79 Å². The molecule has 0 bridgehead atoms. The number of aliphatic hydroxyl groups is 1. The lowest BCUT2D eigenvalue weighted by molar-refractivity contribution is -0.136. The number of carbonyl (C=O) groups excluding carboxylic acids is 1. The zero-order valence-corrected chi connectivity index (χ0v) is 9.88. The van der Waals surface area contributed by atoms with E-state index in [4.69, 9.17) is 0 Å². The fourth-order valence-electron chi connectivity index (χ4n) is 2.11. The van der Waals surface area contributed by atoms with Crippen LogP contribution in [0.2, 0.25) is 0 Å². The molecule has 1 amide bonds. The minimum atomic E-state index is -1.24. The van der Waals surface area contributed by atoms with Gasteiger partial charge < -0.3 is 10.4 Å². The van der Waals surface area contributed by atoms with Gasteiger partial charge in [0.25, 0.3) is 5.91 Å². The molecule has 0 aromatic heterocycles. The molecular formula is C12H23NO2. The molecule has 15 heavy (non-hydrogen) atoms. The minimum Gasteiger partial charge on any atom is -0.381 e. The van der Waals surface area contributed by atoms with Crippen molar-refractivity contribution >= 4 is 5.91 Å². The molecule has 0 heterocycles. The van der Waals surface area contributed by atoms with Crippen LogP contribution in [0.15, 0.2) is 0 Å². The highest BCUT2D eigenvalue weighted by Crippen LogP contribution is 2.28. The summed E-state index contributed by atoms with van der Waals surface area (Å²) in [7, 11) is 0. The maximum Gasteiger partial charge on any atom is 0.251 e. The Morgan fingerprint density at radius 1 is 1.40 bits per heavy atom. The first-order valence-corrected chi connectivity index (χ1v) is 6.01. The SMILES string of the molecule is CC(C)(O)C(=O)NCCCC1CCCC1. The maximum absolute atomic E-state index is 11.3. The fourth-order valence-corrected chi connectivity index (χ4v) is 2.11. The van der Waals surface area contributed by atoms with Gasteiger partial charge in [-0.3, -0.25) is 4.79 Å². The lowest BCUT2D eigenvalue weighted by Gasteiger charge is -2.17. The predicted octanol–water partition coefficient (Wildman–Crippen LogP) is 1.84. The van der Waals surface area contributed by atoms with Crippen LogP contribution in [0.5, 0.6) is 0 Å². The first kappa shape index (κ1) is 12.5. The van der Waals surface area contributed by atoms with Crippen molar-refractivity contribution in [1.29, 1.82) is 0 Å². The molecule has 1 aliphatic rings. The van der Waals surface area contributed by atoms with Crippen molar-refractivity contribution in [1.82, 2.24) is 5.32 Å². The van der Waals surface area contributed by atoms with Crippen LogP contribution in [0, 0.1) is 5.92 Å². The van der Waals surface area contributed by atoms with Crippen molar-refractivity contribution < 1.29 is 9.90 Å². The lowest BCUT2D eigenvalue weighted by atomic mass is 10.0. The average molecular weight is 213 g/mol. The molecular weight excluding hydrogens is 190 g/mol. The summed E-state index contributed by atoms with van der Waals surface area (Å²) in [5, 5.41) is 12.1. The van der Waals surface area contributed by atoms with E-state index in [2.05, 4.69) is 5.32 Å². The van der Waals surface area contributed by atoms with Gasteiger partial charge in [0.2, 0.25) is 0 Å². The highest BCUT2D eigenvalue weighted by Gasteiger charge is 2.23.